The molecule has 0 radical (unpaired) electrons. The minimum atomic E-state index is -0.294. The maximum Gasteiger partial charge on any atom is 0.196 e. The number of hydrogen-bond donors (Lipinski definition) is 0. The van der Waals surface area contributed by atoms with E-state index in [1.165, 1.54) is 23.9 Å². The Kier molecular flexibility index (Phi) is 5.70. The van der Waals surface area contributed by atoms with E-state index in [4.69, 9.17) is 0 Å². The largest absolute Gasteiger partial charge is 0.270 e. The number of hydrogen-bond acceptors (Lipinski definition) is 6. The van der Waals surface area contributed by atoms with Gasteiger partial charge in [-0.2, -0.15) is 4.68 Å². The summed E-state index contributed by atoms with van der Waals surface area (Å²) in [5.41, 5.74) is 4.87. The maximum absolute atomic E-state index is 13.5. The summed E-state index contributed by atoms with van der Waals surface area (Å²) in [4.78, 5) is 0. The van der Waals surface area contributed by atoms with Gasteiger partial charge in [-0.15, -0.1) is 15.3 Å². The summed E-state index contributed by atoms with van der Waals surface area (Å²) in [6, 6.07) is 22.2. The van der Waals surface area contributed by atoms with E-state index in [1.807, 2.05) is 66.9 Å². The smallest absolute Gasteiger partial charge is 0.196 e. The Bertz CT molecular complexity index is 1370. The number of benzene rings is 3. The first-order valence-electron chi connectivity index (χ1n) is 10.4. The minimum absolute atomic E-state index is 0.294. The summed E-state index contributed by atoms with van der Waals surface area (Å²) < 4.78 is 17.2. The molecule has 5 rings (SSSR count). The molecule has 3 aromatic carbocycles. The van der Waals surface area contributed by atoms with Gasteiger partial charge in [0.05, 0.1) is 11.4 Å². The van der Waals surface area contributed by atoms with Crippen molar-refractivity contribution in [2.75, 3.05) is 0 Å². The number of aryl methyl sites for hydroxylation is 2. The zero-order valence-corrected chi connectivity index (χ0v) is 18.9. The standard InChI is InChI=1S/C24H20FN7S/c1-16-7-6-8-17(2)22(16)32-21(26-29-30-32)15-33-24-28-27-23(18-11-13-19(25)14-12-18)31(24)20-9-4-3-5-10-20/h3-14H,15H2,1-2H3. The predicted molar refractivity (Wildman–Crippen MR) is 125 cm³/mol. The van der Waals surface area contributed by atoms with Crippen LogP contribution in [0.5, 0.6) is 0 Å². The molecule has 0 aliphatic carbocycles. The highest BCUT2D eigenvalue weighted by molar-refractivity contribution is 7.98. The first kappa shape index (κ1) is 21.0. The second-order valence-electron chi connectivity index (χ2n) is 7.52. The van der Waals surface area contributed by atoms with Crippen molar-refractivity contribution in [2.24, 2.45) is 0 Å². The number of para-hydroxylation sites is 2. The summed E-state index contributed by atoms with van der Waals surface area (Å²) >= 11 is 1.49. The Morgan fingerprint density at radius 1 is 0.818 bits per heavy atom. The molecule has 0 amide bonds. The van der Waals surface area contributed by atoms with Gasteiger partial charge in [0.2, 0.25) is 0 Å². The molecule has 0 N–H and O–H groups in total. The van der Waals surface area contributed by atoms with Crippen molar-refractivity contribution in [3.63, 3.8) is 0 Å². The van der Waals surface area contributed by atoms with Crippen LogP contribution in [0.15, 0.2) is 78.0 Å². The molecule has 2 heterocycles. The quantitative estimate of drug-likeness (QED) is 0.336. The third-order valence-electron chi connectivity index (χ3n) is 5.27. The SMILES string of the molecule is Cc1cccc(C)c1-n1nnnc1CSc1nnc(-c2ccc(F)cc2)n1-c1ccccc1. The van der Waals surface area contributed by atoms with E-state index in [0.717, 1.165) is 28.1 Å². The van der Waals surface area contributed by atoms with Crippen LogP contribution in [0.25, 0.3) is 22.8 Å². The van der Waals surface area contributed by atoms with Gasteiger partial charge in [0.25, 0.3) is 0 Å². The lowest BCUT2D eigenvalue weighted by atomic mass is 10.1. The van der Waals surface area contributed by atoms with E-state index in [0.29, 0.717) is 22.6 Å². The molecular weight excluding hydrogens is 437 g/mol. The average molecular weight is 458 g/mol. The lowest BCUT2D eigenvalue weighted by Gasteiger charge is -2.12. The molecule has 0 aliphatic heterocycles. The lowest BCUT2D eigenvalue weighted by molar-refractivity contribution is 0.628. The summed E-state index contributed by atoms with van der Waals surface area (Å²) in [7, 11) is 0. The van der Waals surface area contributed by atoms with Crippen molar-refractivity contribution in [3.8, 4) is 22.8 Å². The van der Waals surface area contributed by atoms with Crippen molar-refractivity contribution < 1.29 is 4.39 Å². The van der Waals surface area contributed by atoms with Gasteiger partial charge in [-0.25, -0.2) is 4.39 Å². The van der Waals surface area contributed by atoms with Crippen molar-refractivity contribution >= 4 is 11.8 Å². The molecule has 0 unspecified atom stereocenters. The van der Waals surface area contributed by atoms with Crippen molar-refractivity contribution in [1.29, 1.82) is 0 Å². The van der Waals surface area contributed by atoms with Crippen LogP contribution in [0, 0.1) is 19.7 Å². The topological polar surface area (TPSA) is 74.3 Å². The fourth-order valence-corrected chi connectivity index (χ4v) is 4.56. The van der Waals surface area contributed by atoms with E-state index in [9.17, 15) is 4.39 Å². The predicted octanol–water partition coefficient (Wildman–Crippen LogP) is 4.96. The number of halogens is 1. The van der Waals surface area contributed by atoms with Gasteiger partial charge < -0.3 is 0 Å². The number of rotatable bonds is 6. The highest BCUT2D eigenvalue weighted by Crippen LogP contribution is 2.30. The first-order valence-corrected chi connectivity index (χ1v) is 11.3. The summed E-state index contributed by atoms with van der Waals surface area (Å²) in [5.74, 6) is 1.55. The van der Waals surface area contributed by atoms with Gasteiger partial charge in [-0.3, -0.25) is 4.57 Å². The van der Waals surface area contributed by atoms with E-state index in [1.54, 1.807) is 16.8 Å². The van der Waals surface area contributed by atoms with Crippen LogP contribution in [0.4, 0.5) is 4.39 Å². The molecule has 0 atom stereocenters. The molecule has 0 fully saturated rings. The van der Waals surface area contributed by atoms with Crippen LogP contribution in [0.1, 0.15) is 17.0 Å². The molecule has 164 valence electrons. The van der Waals surface area contributed by atoms with Crippen LogP contribution >= 0.6 is 11.8 Å². The first-order chi connectivity index (χ1) is 16.1. The zero-order valence-electron chi connectivity index (χ0n) is 18.1. The Balaban J connectivity index is 1.51. The number of tetrazole rings is 1. The molecule has 0 bridgehead atoms. The molecular formula is C24H20FN7S. The van der Waals surface area contributed by atoms with E-state index >= 15 is 0 Å². The number of thioether (sulfide) groups is 1. The lowest BCUT2D eigenvalue weighted by Crippen LogP contribution is -2.07. The third-order valence-corrected chi connectivity index (χ3v) is 6.19. The van der Waals surface area contributed by atoms with Crippen LogP contribution in [-0.4, -0.2) is 35.0 Å². The highest BCUT2D eigenvalue weighted by atomic mass is 32.2. The molecule has 0 saturated carbocycles. The Morgan fingerprint density at radius 3 is 2.27 bits per heavy atom. The van der Waals surface area contributed by atoms with Crippen LogP contribution in [0.2, 0.25) is 0 Å². The van der Waals surface area contributed by atoms with Crippen molar-refractivity contribution in [1.82, 2.24) is 35.0 Å². The fraction of sp³-hybridized carbons (Fsp3) is 0.125. The Labute approximate surface area is 194 Å². The summed E-state index contributed by atoms with van der Waals surface area (Å²) in [6.07, 6.45) is 0. The Hall–Kier alpha value is -3.85. The number of aromatic nitrogens is 7. The van der Waals surface area contributed by atoms with Crippen molar-refractivity contribution in [3.05, 3.63) is 95.6 Å². The monoisotopic (exact) mass is 457 g/mol. The van der Waals surface area contributed by atoms with Gasteiger partial charge in [0.1, 0.15) is 5.82 Å². The second kappa shape index (κ2) is 8.95. The van der Waals surface area contributed by atoms with Gasteiger partial charge in [0.15, 0.2) is 16.8 Å². The molecule has 0 spiro atoms. The fourth-order valence-electron chi connectivity index (χ4n) is 3.70. The molecule has 9 heteroatoms. The van der Waals surface area contributed by atoms with Gasteiger partial charge in [0, 0.05) is 11.3 Å². The molecule has 0 saturated heterocycles. The summed E-state index contributed by atoms with van der Waals surface area (Å²) in [6.45, 7) is 4.09. The average Bonchev–Trinajstić information content (AvgIpc) is 3.46. The molecule has 33 heavy (non-hydrogen) atoms. The van der Waals surface area contributed by atoms with Gasteiger partial charge in [-0.05, 0) is 71.8 Å². The zero-order chi connectivity index (χ0) is 22.8. The van der Waals surface area contributed by atoms with Crippen LogP contribution in [-0.2, 0) is 5.75 Å². The molecule has 7 nitrogen and oxygen atoms in total. The van der Waals surface area contributed by atoms with E-state index < -0.39 is 0 Å². The minimum Gasteiger partial charge on any atom is -0.270 e. The highest BCUT2D eigenvalue weighted by Gasteiger charge is 2.19. The molecule has 5 aromatic rings. The normalized spacial score (nSPS) is 11.1. The van der Waals surface area contributed by atoms with E-state index in [-0.39, 0.29) is 5.82 Å². The Morgan fingerprint density at radius 2 is 1.55 bits per heavy atom. The summed E-state index contributed by atoms with van der Waals surface area (Å²) in [5, 5.41) is 21.9. The van der Waals surface area contributed by atoms with Gasteiger partial charge >= 0.3 is 0 Å². The second-order valence-corrected chi connectivity index (χ2v) is 8.46. The van der Waals surface area contributed by atoms with Crippen LogP contribution in [0.3, 0.4) is 0 Å². The number of nitrogens with zero attached hydrogens (tertiary/aromatic N) is 7. The maximum atomic E-state index is 13.5. The van der Waals surface area contributed by atoms with E-state index in [2.05, 4.69) is 25.7 Å². The van der Waals surface area contributed by atoms with Crippen LogP contribution < -0.4 is 0 Å². The van der Waals surface area contributed by atoms with Crippen molar-refractivity contribution in [2.45, 2.75) is 24.8 Å². The molecule has 0 aliphatic rings. The van der Waals surface area contributed by atoms with Gasteiger partial charge in [-0.1, -0.05) is 48.2 Å². The molecule has 2 aromatic heterocycles. The third kappa shape index (κ3) is 4.14.